The lowest BCUT2D eigenvalue weighted by molar-refractivity contribution is 0.0122. The molecule has 7 nitrogen and oxygen atoms in total. The maximum absolute atomic E-state index is 12.3. The number of nitrogens with one attached hydrogen (secondary N) is 1. The number of carbonyl (C=O) groups is 1. The summed E-state index contributed by atoms with van der Waals surface area (Å²) in [5.41, 5.74) is -0.569. The van der Waals surface area contributed by atoms with E-state index in [0.717, 1.165) is 25.9 Å². The van der Waals surface area contributed by atoms with Gasteiger partial charge in [0, 0.05) is 12.5 Å². The number of nitrogens with zero attached hydrogens (tertiary/aromatic N) is 1. The number of benzene rings is 1. The summed E-state index contributed by atoms with van der Waals surface area (Å²) < 4.78 is 16.8. The summed E-state index contributed by atoms with van der Waals surface area (Å²) >= 11 is 0. The lowest BCUT2D eigenvalue weighted by Gasteiger charge is -2.32. The molecule has 2 aliphatic rings. The van der Waals surface area contributed by atoms with Gasteiger partial charge < -0.3 is 24.6 Å². The lowest BCUT2D eigenvalue weighted by Crippen LogP contribution is -2.53. The normalized spacial score (nSPS) is 28.2. The number of alkyl carbamates (subject to hydrolysis) is 1. The molecule has 28 heavy (non-hydrogen) atoms. The van der Waals surface area contributed by atoms with Crippen molar-refractivity contribution in [1.29, 1.82) is 0 Å². The number of hydrogen-bond acceptors (Lipinski definition) is 6. The number of rotatable bonds is 5. The zero-order chi connectivity index (χ0) is 20.3. The van der Waals surface area contributed by atoms with Crippen molar-refractivity contribution in [1.82, 2.24) is 10.2 Å². The van der Waals surface area contributed by atoms with Gasteiger partial charge in [0.15, 0.2) is 0 Å². The molecule has 1 aliphatic carbocycles. The van der Waals surface area contributed by atoms with Crippen LogP contribution in [0.4, 0.5) is 4.79 Å². The van der Waals surface area contributed by atoms with Gasteiger partial charge in [-0.3, -0.25) is 4.90 Å². The highest BCUT2D eigenvalue weighted by Crippen LogP contribution is 2.32. The molecule has 156 valence electrons. The fourth-order valence-electron chi connectivity index (χ4n) is 4.07. The number of likely N-dealkylation sites (tertiary alicyclic amines) is 1. The number of carbonyl (C=O) groups excluding carboxylic acids is 1. The molecule has 1 heterocycles. The van der Waals surface area contributed by atoms with E-state index in [1.165, 1.54) is 0 Å². The summed E-state index contributed by atoms with van der Waals surface area (Å²) in [6.45, 7) is 7.34. The van der Waals surface area contributed by atoms with Crippen LogP contribution in [0.1, 0.15) is 40.0 Å². The quantitative estimate of drug-likeness (QED) is 0.802. The third-order valence-electron chi connectivity index (χ3n) is 5.22. The smallest absolute Gasteiger partial charge is 0.407 e. The average molecular weight is 392 g/mol. The molecule has 4 atom stereocenters. The molecule has 1 saturated heterocycles. The van der Waals surface area contributed by atoms with E-state index >= 15 is 0 Å². The van der Waals surface area contributed by atoms with E-state index < -0.39 is 23.9 Å². The maximum Gasteiger partial charge on any atom is 0.407 e. The van der Waals surface area contributed by atoms with Gasteiger partial charge in [0.1, 0.15) is 29.3 Å². The highest BCUT2D eigenvalue weighted by atomic mass is 16.6. The van der Waals surface area contributed by atoms with Crippen LogP contribution >= 0.6 is 0 Å². The minimum absolute atomic E-state index is 0.189. The largest absolute Gasteiger partial charge is 0.497 e. The van der Waals surface area contributed by atoms with Crippen LogP contribution in [0, 0.1) is 0 Å². The van der Waals surface area contributed by atoms with E-state index in [2.05, 4.69) is 10.2 Å². The summed E-state index contributed by atoms with van der Waals surface area (Å²) in [6.07, 6.45) is 1.13. The molecule has 7 heteroatoms. The number of aliphatic hydroxyl groups is 1. The molecule has 1 aliphatic heterocycles. The SMILES string of the molecule is COc1cccc(O[C@@H]2C[C@@H](NC(=O)OC(C)(C)C)[C@H](N3CCCC3)[C@H]2O)c1. The van der Waals surface area contributed by atoms with Gasteiger partial charge in [0.25, 0.3) is 0 Å². The first-order chi connectivity index (χ1) is 13.3. The van der Waals surface area contributed by atoms with Gasteiger partial charge in [-0.25, -0.2) is 4.79 Å². The predicted octanol–water partition coefficient (Wildman–Crippen LogP) is 2.56. The molecule has 0 unspecified atom stereocenters. The van der Waals surface area contributed by atoms with E-state index in [4.69, 9.17) is 14.2 Å². The zero-order valence-electron chi connectivity index (χ0n) is 17.2. The number of aliphatic hydroxyl groups excluding tert-OH is 1. The molecule has 1 aromatic rings. The molecule has 1 aromatic carbocycles. The summed E-state index contributed by atoms with van der Waals surface area (Å²) in [4.78, 5) is 14.6. The molecule has 1 saturated carbocycles. The lowest BCUT2D eigenvalue weighted by atomic mass is 10.1. The molecule has 2 N–H and O–H groups in total. The third-order valence-corrected chi connectivity index (χ3v) is 5.22. The first-order valence-corrected chi connectivity index (χ1v) is 9.99. The predicted molar refractivity (Wildman–Crippen MR) is 106 cm³/mol. The Morgan fingerprint density at radius 3 is 2.54 bits per heavy atom. The Bertz CT molecular complexity index is 669. The second-order valence-corrected chi connectivity index (χ2v) is 8.55. The van der Waals surface area contributed by atoms with E-state index in [1.807, 2.05) is 39.0 Å². The second kappa shape index (κ2) is 8.57. The van der Waals surface area contributed by atoms with Gasteiger partial charge in [-0.15, -0.1) is 0 Å². The van der Waals surface area contributed by atoms with E-state index in [0.29, 0.717) is 17.9 Å². The minimum Gasteiger partial charge on any atom is -0.497 e. The molecule has 0 radical (unpaired) electrons. The fraction of sp³-hybridized carbons (Fsp3) is 0.667. The molecule has 0 aromatic heterocycles. The van der Waals surface area contributed by atoms with Gasteiger partial charge in [-0.2, -0.15) is 0 Å². The van der Waals surface area contributed by atoms with Crippen molar-refractivity contribution >= 4 is 6.09 Å². The highest BCUT2D eigenvalue weighted by Gasteiger charge is 2.48. The summed E-state index contributed by atoms with van der Waals surface area (Å²) in [5.74, 6) is 1.34. The second-order valence-electron chi connectivity index (χ2n) is 8.55. The molecule has 1 amide bonds. The maximum atomic E-state index is 12.3. The highest BCUT2D eigenvalue weighted by molar-refractivity contribution is 5.68. The summed E-state index contributed by atoms with van der Waals surface area (Å²) in [7, 11) is 1.60. The Hall–Kier alpha value is -1.99. The van der Waals surface area contributed by atoms with Crippen molar-refractivity contribution < 1.29 is 24.1 Å². The average Bonchev–Trinajstić information content (AvgIpc) is 3.22. The number of ether oxygens (including phenoxy) is 3. The molecule has 3 rings (SSSR count). The van der Waals surface area contributed by atoms with Crippen LogP contribution in [0.2, 0.25) is 0 Å². The monoisotopic (exact) mass is 392 g/mol. The molecular weight excluding hydrogens is 360 g/mol. The van der Waals surface area contributed by atoms with E-state index in [1.54, 1.807) is 13.2 Å². The van der Waals surface area contributed by atoms with Crippen molar-refractivity contribution in [3.8, 4) is 11.5 Å². The van der Waals surface area contributed by atoms with Crippen molar-refractivity contribution in [3.05, 3.63) is 24.3 Å². The molecule has 0 spiro atoms. The molecule has 0 bridgehead atoms. The molecular formula is C21H32N2O5. The van der Waals surface area contributed by atoms with Gasteiger partial charge in [0.2, 0.25) is 0 Å². The topological polar surface area (TPSA) is 80.3 Å². The summed E-state index contributed by atoms with van der Waals surface area (Å²) in [6, 6.07) is 6.91. The van der Waals surface area contributed by atoms with Crippen LogP contribution < -0.4 is 14.8 Å². The molecule has 2 fully saturated rings. The van der Waals surface area contributed by atoms with Crippen LogP contribution in [-0.2, 0) is 4.74 Å². The Balaban J connectivity index is 1.73. The van der Waals surface area contributed by atoms with Crippen LogP contribution in [0.15, 0.2) is 24.3 Å². The number of amides is 1. The summed E-state index contributed by atoms with van der Waals surface area (Å²) in [5, 5.41) is 14.0. The zero-order valence-corrected chi connectivity index (χ0v) is 17.2. The Morgan fingerprint density at radius 2 is 1.89 bits per heavy atom. The van der Waals surface area contributed by atoms with Crippen molar-refractivity contribution in [3.63, 3.8) is 0 Å². The van der Waals surface area contributed by atoms with Gasteiger partial charge in [-0.05, 0) is 58.8 Å². The Morgan fingerprint density at radius 1 is 1.21 bits per heavy atom. The van der Waals surface area contributed by atoms with Crippen LogP contribution in [0.25, 0.3) is 0 Å². The van der Waals surface area contributed by atoms with Crippen molar-refractivity contribution in [2.24, 2.45) is 0 Å². The number of methoxy groups -OCH3 is 1. The first-order valence-electron chi connectivity index (χ1n) is 9.99. The van der Waals surface area contributed by atoms with Crippen LogP contribution in [-0.4, -0.2) is 66.2 Å². The Labute approximate surface area is 166 Å². The standard InChI is InChI=1S/C21H32N2O5/c1-21(2,3)28-20(25)22-16-13-17(19(24)18(16)23-10-5-6-11-23)27-15-9-7-8-14(12-15)26-4/h7-9,12,16-19,24H,5-6,10-11,13H2,1-4H3,(H,22,25)/t16-,17-,18+,19+/m1/s1. The fourth-order valence-corrected chi connectivity index (χ4v) is 4.07. The van der Waals surface area contributed by atoms with Gasteiger partial charge in [-0.1, -0.05) is 6.07 Å². The first kappa shape index (κ1) is 20.7. The van der Waals surface area contributed by atoms with Gasteiger partial charge in [0.05, 0.1) is 19.2 Å². The van der Waals surface area contributed by atoms with E-state index in [9.17, 15) is 9.90 Å². The van der Waals surface area contributed by atoms with Crippen LogP contribution in [0.5, 0.6) is 11.5 Å². The minimum atomic E-state index is -0.704. The van der Waals surface area contributed by atoms with Crippen molar-refractivity contribution in [2.45, 2.75) is 69.9 Å². The van der Waals surface area contributed by atoms with Gasteiger partial charge >= 0.3 is 6.09 Å². The van der Waals surface area contributed by atoms with Crippen LogP contribution in [0.3, 0.4) is 0 Å². The van der Waals surface area contributed by atoms with E-state index in [-0.39, 0.29) is 12.1 Å². The number of hydrogen-bond donors (Lipinski definition) is 2. The van der Waals surface area contributed by atoms with Crippen molar-refractivity contribution in [2.75, 3.05) is 20.2 Å². The Kier molecular flexibility index (Phi) is 6.35. The third kappa shape index (κ3) is 5.08.